The predicted octanol–water partition coefficient (Wildman–Crippen LogP) is 0.974. The maximum Gasteiger partial charge on any atom is 0.242 e. The lowest BCUT2D eigenvalue weighted by Gasteiger charge is -2.22. The standard InChI is InChI=1S/C12H18N2O3S/c13-11-5-1-2-6-12(11)18(15,16)14-8-10-4-3-7-17-9-10/h1-2,5-6,10,14H,3-4,7-9,13H2. The van der Waals surface area contributed by atoms with Gasteiger partial charge >= 0.3 is 0 Å². The number of hydrogen-bond donors (Lipinski definition) is 2. The molecule has 100 valence electrons. The van der Waals surface area contributed by atoms with Crippen LogP contribution in [0.2, 0.25) is 0 Å². The summed E-state index contributed by atoms with van der Waals surface area (Å²) >= 11 is 0. The van der Waals surface area contributed by atoms with Crippen molar-refractivity contribution >= 4 is 15.7 Å². The minimum atomic E-state index is -3.52. The molecule has 3 N–H and O–H groups in total. The summed E-state index contributed by atoms with van der Waals surface area (Å²) in [5, 5.41) is 0. The van der Waals surface area contributed by atoms with Crippen LogP contribution in [0.1, 0.15) is 12.8 Å². The number of sulfonamides is 1. The highest BCUT2D eigenvalue weighted by Crippen LogP contribution is 2.18. The zero-order valence-electron chi connectivity index (χ0n) is 10.1. The molecule has 2 rings (SSSR count). The van der Waals surface area contributed by atoms with Gasteiger partial charge in [-0.2, -0.15) is 0 Å². The van der Waals surface area contributed by atoms with E-state index in [0.29, 0.717) is 13.2 Å². The molecule has 1 heterocycles. The number of para-hydroxylation sites is 1. The molecule has 0 aliphatic carbocycles. The van der Waals surface area contributed by atoms with Crippen LogP contribution in [0.3, 0.4) is 0 Å². The highest BCUT2D eigenvalue weighted by Gasteiger charge is 2.20. The van der Waals surface area contributed by atoms with Gasteiger partial charge in [0.25, 0.3) is 0 Å². The Kier molecular flexibility index (Phi) is 4.21. The zero-order valence-corrected chi connectivity index (χ0v) is 10.9. The molecule has 1 unspecified atom stereocenters. The van der Waals surface area contributed by atoms with E-state index in [2.05, 4.69) is 4.72 Å². The van der Waals surface area contributed by atoms with Gasteiger partial charge in [0.05, 0.1) is 12.3 Å². The Morgan fingerprint density at radius 3 is 2.83 bits per heavy atom. The van der Waals surface area contributed by atoms with Crippen LogP contribution in [-0.4, -0.2) is 28.2 Å². The second-order valence-electron chi connectivity index (χ2n) is 4.47. The van der Waals surface area contributed by atoms with E-state index in [1.165, 1.54) is 6.07 Å². The Balaban J connectivity index is 2.01. The van der Waals surface area contributed by atoms with Crippen molar-refractivity contribution in [3.8, 4) is 0 Å². The smallest absolute Gasteiger partial charge is 0.242 e. The van der Waals surface area contributed by atoms with Crippen LogP contribution in [-0.2, 0) is 14.8 Å². The SMILES string of the molecule is Nc1ccccc1S(=O)(=O)NCC1CCCOC1. The number of ether oxygens (including phenoxy) is 1. The third kappa shape index (κ3) is 3.22. The summed E-state index contributed by atoms with van der Waals surface area (Å²) in [5.74, 6) is 0.249. The molecule has 1 aliphatic rings. The van der Waals surface area contributed by atoms with Gasteiger partial charge in [-0.25, -0.2) is 13.1 Å². The van der Waals surface area contributed by atoms with Crippen molar-refractivity contribution in [3.63, 3.8) is 0 Å². The number of nitrogens with two attached hydrogens (primary N) is 1. The van der Waals surface area contributed by atoms with E-state index >= 15 is 0 Å². The number of benzene rings is 1. The van der Waals surface area contributed by atoms with Crippen molar-refractivity contribution in [1.82, 2.24) is 4.72 Å². The molecule has 0 radical (unpaired) electrons. The van der Waals surface area contributed by atoms with Gasteiger partial charge in [-0.1, -0.05) is 12.1 Å². The van der Waals surface area contributed by atoms with Gasteiger partial charge in [0.1, 0.15) is 4.90 Å². The first-order chi connectivity index (χ1) is 8.59. The van der Waals surface area contributed by atoms with Gasteiger partial charge in [0.2, 0.25) is 10.0 Å². The third-order valence-corrected chi connectivity index (χ3v) is 4.52. The molecule has 18 heavy (non-hydrogen) atoms. The van der Waals surface area contributed by atoms with Crippen molar-refractivity contribution < 1.29 is 13.2 Å². The number of rotatable bonds is 4. The van der Waals surface area contributed by atoms with Gasteiger partial charge in [0, 0.05) is 13.2 Å². The van der Waals surface area contributed by atoms with Crippen LogP contribution in [0.25, 0.3) is 0 Å². The van der Waals surface area contributed by atoms with Gasteiger partial charge in [-0.15, -0.1) is 0 Å². The maximum absolute atomic E-state index is 12.1. The van der Waals surface area contributed by atoms with E-state index in [-0.39, 0.29) is 16.5 Å². The van der Waals surface area contributed by atoms with Crippen molar-refractivity contribution in [2.75, 3.05) is 25.5 Å². The van der Waals surface area contributed by atoms with Crippen LogP contribution < -0.4 is 10.5 Å². The average Bonchev–Trinajstić information content (AvgIpc) is 2.38. The topological polar surface area (TPSA) is 81.4 Å². The first kappa shape index (κ1) is 13.3. The van der Waals surface area contributed by atoms with Gasteiger partial charge in [-0.3, -0.25) is 0 Å². The van der Waals surface area contributed by atoms with Crippen LogP contribution in [0.4, 0.5) is 5.69 Å². The lowest BCUT2D eigenvalue weighted by atomic mass is 10.0. The van der Waals surface area contributed by atoms with Gasteiger partial charge in [0.15, 0.2) is 0 Å². The Morgan fingerprint density at radius 2 is 2.17 bits per heavy atom. The first-order valence-corrected chi connectivity index (χ1v) is 7.50. The van der Waals surface area contributed by atoms with Crippen LogP contribution in [0.15, 0.2) is 29.2 Å². The summed E-state index contributed by atoms with van der Waals surface area (Å²) in [4.78, 5) is 0.140. The van der Waals surface area contributed by atoms with E-state index in [4.69, 9.17) is 10.5 Å². The molecule has 5 nitrogen and oxygen atoms in total. The molecule has 1 aromatic rings. The lowest BCUT2D eigenvalue weighted by molar-refractivity contribution is 0.0568. The third-order valence-electron chi connectivity index (χ3n) is 3.03. The molecule has 0 saturated carbocycles. The summed E-state index contributed by atoms with van der Waals surface area (Å²) in [6.07, 6.45) is 1.98. The van der Waals surface area contributed by atoms with E-state index in [1.54, 1.807) is 18.2 Å². The minimum absolute atomic E-state index is 0.140. The molecule has 0 spiro atoms. The molecular weight excluding hydrogens is 252 g/mol. The highest BCUT2D eigenvalue weighted by molar-refractivity contribution is 7.89. The number of anilines is 1. The molecule has 6 heteroatoms. The van der Waals surface area contributed by atoms with E-state index < -0.39 is 10.0 Å². The molecule has 1 aromatic carbocycles. The molecule has 0 amide bonds. The molecule has 1 aliphatic heterocycles. The fourth-order valence-corrected chi connectivity index (χ4v) is 3.25. The summed E-state index contributed by atoms with van der Waals surface area (Å²) in [7, 11) is -3.52. The van der Waals surface area contributed by atoms with E-state index in [1.807, 2.05) is 0 Å². The Bertz CT molecular complexity index is 496. The quantitative estimate of drug-likeness (QED) is 0.799. The Morgan fingerprint density at radius 1 is 1.39 bits per heavy atom. The summed E-state index contributed by atoms with van der Waals surface area (Å²) in [6.45, 7) is 1.79. The molecule has 0 bridgehead atoms. The molecule has 0 aromatic heterocycles. The molecular formula is C12H18N2O3S. The van der Waals surface area contributed by atoms with Crippen LogP contribution in [0.5, 0.6) is 0 Å². The lowest BCUT2D eigenvalue weighted by Crippen LogP contribution is -2.33. The predicted molar refractivity (Wildman–Crippen MR) is 69.6 cm³/mol. The summed E-state index contributed by atoms with van der Waals surface area (Å²) in [6, 6.07) is 6.46. The van der Waals surface area contributed by atoms with Crippen molar-refractivity contribution in [3.05, 3.63) is 24.3 Å². The van der Waals surface area contributed by atoms with Crippen molar-refractivity contribution in [2.45, 2.75) is 17.7 Å². The van der Waals surface area contributed by atoms with Crippen LogP contribution >= 0.6 is 0 Å². The average molecular weight is 270 g/mol. The van der Waals surface area contributed by atoms with Gasteiger partial charge < -0.3 is 10.5 Å². The Hall–Kier alpha value is -1.11. The maximum atomic E-state index is 12.1. The molecule has 1 saturated heterocycles. The van der Waals surface area contributed by atoms with Crippen LogP contribution in [0, 0.1) is 5.92 Å². The monoisotopic (exact) mass is 270 g/mol. The normalized spacial score (nSPS) is 20.8. The fourth-order valence-electron chi connectivity index (χ4n) is 2.00. The zero-order chi connectivity index (χ0) is 13.0. The van der Waals surface area contributed by atoms with Crippen molar-refractivity contribution in [1.29, 1.82) is 0 Å². The number of hydrogen-bond acceptors (Lipinski definition) is 4. The number of nitrogens with one attached hydrogen (secondary N) is 1. The first-order valence-electron chi connectivity index (χ1n) is 6.01. The second-order valence-corrected chi connectivity index (χ2v) is 6.21. The Labute approximate surface area is 107 Å². The second kappa shape index (κ2) is 5.69. The summed E-state index contributed by atoms with van der Waals surface area (Å²) in [5.41, 5.74) is 5.94. The largest absolute Gasteiger partial charge is 0.398 e. The molecule has 1 atom stereocenters. The van der Waals surface area contributed by atoms with Gasteiger partial charge in [-0.05, 0) is 30.9 Å². The van der Waals surface area contributed by atoms with Crippen molar-refractivity contribution in [2.24, 2.45) is 5.92 Å². The fraction of sp³-hybridized carbons (Fsp3) is 0.500. The minimum Gasteiger partial charge on any atom is -0.398 e. The van der Waals surface area contributed by atoms with E-state index in [0.717, 1.165) is 19.4 Å². The van der Waals surface area contributed by atoms with E-state index in [9.17, 15) is 8.42 Å². The highest BCUT2D eigenvalue weighted by atomic mass is 32.2. The molecule has 1 fully saturated rings. The summed E-state index contributed by atoms with van der Waals surface area (Å²) < 4.78 is 32.0. The number of nitrogen functional groups attached to an aromatic ring is 1.